The third-order valence-corrected chi connectivity index (χ3v) is 6.77. The van der Waals surface area contributed by atoms with Crippen LogP contribution >= 0.6 is 22.9 Å². The molecule has 0 aliphatic carbocycles. The van der Waals surface area contributed by atoms with Gasteiger partial charge in [-0.1, -0.05) is 11.6 Å². The van der Waals surface area contributed by atoms with Gasteiger partial charge >= 0.3 is 6.09 Å². The Kier molecular flexibility index (Phi) is 6.21. The predicted octanol–water partition coefficient (Wildman–Crippen LogP) is 6.57. The van der Waals surface area contributed by atoms with E-state index >= 15 is 0 Å². The maximum absolute atomic E-state index is 12.6. The van der Waals surface area contributed by atoms with Crippen molar-refractivity contribution in [3.63, 3.8) is 0 Å². The summed E-state index contributed by atoms with van der Waals surface area (Å²) in [7, 11) is 0. The lowest BCUT2D eigenvalue weighted by Crippen LogP contribution is -2.39. The Bertz CT molecular complexity index is 1390. The fraction of sp³-hybridized carbons (Fsp3) is 0.280. The van der Waals surface area contributed by atoms with E-state index in [9.17, 15) is 4.79 Å². The zero-order chi connectivity index (χ0) is 24.6. The van der Waals surface area contributed by atoms with Crippen LogP contribution < -0.4 is 10.1 Å². The second-order valence-electron chi connectivity index (χ2n) is 9.12. The molecule has 0 radical (unpaired) electrons. The largest absolute Gasteiger partial charge is 0.454 e. The summed E-state index contributed by atoms with van der Waals surface area (Å²) in [5.74, 6) is 1.85. The minimum Gasteiger partial charge on any atom is -0.454 e. The number of rotatable bonds is 4. The SMILES string of the molecule is CC(C)(C)OC(=O)N1CCc2c(sc3ncnc(Nc4ccc(Oc5cccnc5)c(Cl)c4)c23)C1. The molecule has 0 atom stereocenters. The Labute approximate surface area is 211 Å². The van der Waals surface area contributed by atoms with Gasteiger partial charge in [0.25, 0.3) is 0 Å². The molecular formula is C25H24ClN5O3S. The molecule has 1 aliphatic rings. The van der Waals surface area contributed by atoms with E-state index in [2.05, 4.69) is 20.3 Å². The van der Waals surface area contributed by atoms with E-state index in [0.29, 0.717) is 41.8 Å². The number of benzene rings is 1. The van der Waals surface area contributed by atoms with Crippen molar-refractivity contribution in [2.75, 3.05) is 11.9 Å². The lowest BCUT2D eigenvalue weighted by Gasteiger charge is -2.30. The predicted molar refractivity (Wildman–Crippen MR) is 137 cm³/mol. The van der Waals surface area contributed by atoms with E-state index in [0.717, 1.165) is 26.3 Å². The van der Waals surface area contributed by atoms with Gasteiger partial charge in [-0.15, -0.1) is 11.3 Å². The number of pyridine rings is 1. The number of nitrogens with zero attached hydrogens (tertiary/aromatic N) is 4. The summed E-state index contributed by atoms with van der Waals surface area (Å²) < 4.78 is 11.4. The number of aromatic nitrogens is 3. The lowest BCUT2D eigenvalue weighted by molar-refractivity contribution is 0.0227. The second-order valence-corrected chi connectivity index (χ2v) is 10.6. The summed E-state index contributed by atoms with van der Waals surface area (Å²) in [6.45, 7) is 6.69. The number of hydrogen-bond donors (Lipinski definition) is 1. The molecule has 0 unspecified atom stereocenters. The average molecular weight is 510 g/mol. The molecule has 1 amide bonds. The van der Waals surface area contributed by atoms with Crippen molar-refractivity contribution in [2.45, 2.75) is 39.3 Å². The van der Waals surface area contributed by atoms with E-state index in [1.54, 1.807) is 53.2 Å². The number of thiophene rings is 1. The Morgan fingerprint density at radius 3 is 2.83 bits per heavy atom. The van der Waals surface area contributed by atoms with Crippen molar-refractivity contribution >= 4 is 50.8 Å². The molecule has 0 spiro atoms. The van der Waals surface area contributed by atoms with E-state index in [4.69, 9.17) is 21.1 Å². The normalized spacial score (nSPS) is 13.4. The highest BCUT2D eigenvalue weighted by molar-refractivity contribution is 7.19. The van der Waals surface area contributed by atoms with Gasteiger partial charge in [-0.05, 0) is 63.1 Å². The number of halogens is 1. The zero-order valence-electron chi connectivity index (χ0n) is 19.5. The van der Waals surface area contributed by atoms with Crippen molar-refractivity contribution in [3.8, 4) is 11.5 Å². The number of hydrogen-bond acceptors (Lipinski definition) is 8. The van der Waals surface area contributed by atoms with Gasteiger partial charge in [0.1, 0.15) is 34.1 Å². The van der Waals surface area contributed by atoms with Gasteiger partial charge in [0.2, 0.25) is 0 Å². The van der Waals surface area contributed by atoms with Crippen LogP contribution in [0.5, 0.6) is 11.5 Å². The molecule has 3 aromatic heterocycles. The monoisotopic (exact) mass is 509 g/mol. The van der Waals surface area contributed by atoms with E-state index in [1.165, 1.54) is 0 Å². The van der Waals surface area contributed by atoms with Crippen LogP contribution in [0, 0.1) is 0 Å². The quantitative estimate of drug-likeness (QED) is 0.332. The summed E-state index contributed by atoms with van der Waals surface area (Å²) >= 11 is 8.06. The van der Waals surface area contributed by atoms with Crippen LogP contribution in [0.15, 0.2) is 49.1 Å². The number of amides is 1. The van der Waals surface area contributed by atoms with Crippen molar-refractivity contribution in [1.82, 2.24) is 19.9 Å². The van der Waals surface area contributed by atoms with Crippen molar-refractivity contribution < 1.29 is 14.3 Å². The molecule has 0 saturated carbocycles. The fourth-order valence-corrected chi connectivity index (χ4v) is 5.26. The van der Waals surface area contributed by atoms with Gasteiger partial charge < -0.3 is 19.7 Å². The third kappa shape index (κ3) is 5.16. The summed E-state index contributed by atoms with van der Waals surface area (Å²) in [5, 5.41) is 4.82. The first-order valence-corrected chi connectivity index (χ1v) is 12.3. The van der Waals surface area contributed by atoms with Crippen molar-refractivity contribution in [2.24, 2.45) is 0 Å². The van der Waals surface area contributed by atoms with Crippen molar-refractivity contribution in [3.05, 3.63) is 64.5 Å². The Balaban J connectivity index is 1.38. The molecular weight excluding hydrogens is 486 g/mol. The maximum Gasteiger partial charge on any atom is 0.410 e. The fourth-order valence-electron chi connectivity index (χ4n) is 3.84. The molecule has 0 saturated heterocycles. The standard InChI is InChI=1S/C25H24ClN5O3S/c1-25(2,3)34-24(32)31-10-8-17-20(13-31)35-23-21(17)22(28-14-29-23)30-15-6-7-19(18(26)11-15)33-16-5-4-9-27-12-16/h4-7,9,11-12,14H,8,10,13H2,1-3H3,(H,28,29,30). The first-order chi connectivity index (χ1) is 16.8. The van der Waals surface area contributed by atoms with Crippen LogP contribution in [-0.2, 0) is 17.7 Å². The summed E-state index contributed by atoms with van der Waals surface area (Å²) in [4.78, 5) is 29.3. The first-order valence-electron chi connectivity index (χ1n) is 11.1. The van der Waals surface area contributed by atoms with Crippen LogP contribution in [0.3, 0.4) is 0 Å². The van der Waals surface area contributed by atoms with Gasteiger partial charge in [-0.25, -0.2) is 14.8 Å². The minimum absolute atomic E-state index is 0.298. The molecule has 0 bridgehead atoms. The van der Waals surface area contributed by atoms with Crippen LogP contribution in [0.4, 0.5) is 16.3 Å². The third-order valence-electron chi connectivity index (χ3n) is 5.35. The molecule has 1 aromatic carbocycles. The minimum atomic E-state index is -0.528. The van der Waals surface area contributed by atoms with Crippen molar-refractivity contribution in [1.29, 1.82) is 0 Å². The molecule has 10 heteroatoms. The summed E-state index contributed by atoms with van der Waals surface area (Å²) in [5.41, 5.74) is 1.41. The molecule has 4 aromatic rings. The topological polar surface area (TPSA) is 89.5 Å². The zero-order valence-corrected chi connectivity index (χ0v) is 21.1. The highest BCUT2D eigenvalue weighted by atomic mass is 35.5. The Morgan fingerprint density at radius 2 is 2.09 bits per heavy atom. The Hall–Kier alpha value is -3.43. The lowest BCUT2D eigenvalue weighted by atomic mass is 10.1. The average Bonchev–Trinajstić information content (AvgIpc) is 3.19. The van der Waals surface area contributed by atoms with Crippen LogP contribution in [0.1, 0.15) is 31.2 Å². The van der Waals surface area contributed by atoms with Crippen LogP contribution in [0.2, 0.25) is 5.02 Å². The number of carbonyl (C=O) groups excluding carboxylic acids is 1. The summed E-state index contributed by atoms with van der Waals surface area (Å²) in [6, 6.07) is 9.10. The number of anilines is 2. The number of nitrogens with one attached hydrogen (secondary N) is 1. The van der Waals surface area contributed by atoms with E-state index in [-0.39, 0.29) is 6.09 Å². The molecule has 35 heavy (non-hydrogen) atoms. The van der Waals surface area contributed by atoms with E-state index in [1.807, 2.05) is 32.9 Å². The van der Waals surface area contributed by atoms with Gasteiger partial charge in [0, 0.05) is 23.3 Å². The van der Waals surface area contributed by atoms with Crippen LogP contribution in [0.25, 0.3) is 10.2 Å². The Morgan fingerprint density at radius 1 is 1.23 bits per heavy atom. The smallest absolute Gasteiger partial charge is 0.410 e. The molecule has 1 aliphatic heterocycles. The van der Waals surface area contributed by atoms with Gasteiger partial charge in [-0.2, -0.15) is 0 Å². The molecule has 0 fully saturated rings. The second kappa shape index (κ2) is 9.31. The number of fused-ring (bicyclic) bond motifs is 3. The molecule has 4 heterocycles. The highest BCUT2D eigenvalue weighted by Crippen LogP contribution is 2.39. The summed E-state index contributed by atoms with van der Waals surface area (Å²) in [6.07, 6.45) is 5.26. The number of carbonyl (C=O) groups is 1. The van der Waals surface area contributed by atoms with Gasteiger partial charge in [0.05, 0.1) is 23.2 Å². The molecule has 180 valence electrons. The number of ether oxygens (including phenoxy) is 2. The highest BCUT2D eigenvalue weighted by Gasteiger charge is 2.29. The first kappa shape index (κ1) is 23.3. The van der Waals surface area contributed by atoms with Gasteiger partial charge in [-0.3, -0.25) is 4.98 Å². The van der Waals surface area contributed by atoms with Gasteiger partial charge in [0.15, 0.2) is 0 Å². The molecule has 8 nitrogen and oxygen atoms in total. The molecule has 1 N–H and O–H groups in total. The maximum atomic E-state index is 12.6. The molecule has 5 rings (SSSR count). The van der Waals surface area contributed by atoms with Crippen LogP contribution in [-0.4, -0.2) is 38.1 Å². The van der Waals surface area contributed by atoms with E-state index < -0.39 is 5.60 Å².